The van der Waals surface area contributed by atoms with E-state index in [1.165, 1.54) is 0 Å². The van der Waals surface area contributed by atoms with Crippen LogP contribution in [-0.2, 0) is 4.74 Å². The van der Waals surface area contributed by atoms with E-state index in [9.17, 15) is 9.59 Å². The summed E-state index contributed by atoms with van der Waals surface area (Å²) in [5, 5.41) is 8.49. The normalized spacial score (nSPS) is 10.3. The van der Waals surface area contributed by atoms with Crippen molar-refractivity contribution in [3.8, 4) is 5.75 Å². The lowest BCUT2D eigenvalue weighted by molar-refractivity contribution is 0.0947. The molecule has 0 aliphatic rings. The molecule has 0 aromatic heterocycles. The van der Waals surface area contributed by atoms with Gasteiger partial charge in [-0.3, -0.25) is 14.9 Å². The molecule has 0 atom stereocenters. The van der Waals surface area contributed by atoms with Gasteiger partial charge in [-0.1, -0.05) is 35.0 Å². The van der Waals surface area contributed by atoms with Crippen LogP contribution >= 0.6 is 28.1 Å². The third-order valence-electron chi connectivity index (χ3n) is 4.11. The fourth-order valence-corrected chi connectivity index (χ4v) is 3.21. The minimum Gasteiger partial charge on any atom is -0.493 e. The number of carbonyl (C=O) groups is 2. The molecule has 2 aromatic carbocycles. The quantitative estimate of drug-likeness (QED) is 0.331. The third-order valence-corrected chi connectivity index (χ3v) is 4.80. The van der Waals surface area contributed by atoms with Crippen LogP contribution in [0.1, 0.15) is 40.5 Å². The molecule has 2 rings (SSSR count). The van der Waals surface area contributed by atoms with Crippen LogP contribution in [0.4, 0.5) is 5.69 Å². The van der Waals surface area contributed by atoms with Gasteiger partial charge < -0.3 is 20.1 Å². The molecule has 0 spiro atoms. The molecule has 0 radical (unpaired) electrons. The second-order valence-electron chi connectivity index (χ2n) is 6.55. The average Bonchev–Trinajstić information content (AvgIpc) is 2.76. The van der Waals surface area contributed by atoms with Crippen molar-refractivity contribution in [2.24, 2.45) is 0 Å². The number of methoxy groups -OCH3 is 1. The highest BCUT2D eigenvalue weighted by Gasteiger charge is 2.16. The number of carbonyl (C=O) groups excluding carboxylic acids is 2. The molecule has 2 amide bonds. The van der Waals surface area contributed by atoms with Crippen LogP contribution in [-0.4, -0.2) is 43.8 Å². The van der Waals surface area contributed by atoms with E-state index < -0.39 is 5.91 Å². The van der Waals surface area contributed by atoms with Gasteiger partial charge in [0.05, 0.1) is 23.4 Å². The zero-order chi connectivity index (χ0) is 22.6. The first-order chi connectivity index (χ1) is 15.0. The molecule has 3 N–H and O–H groups in total. The molecular weight excluding hydrogens is 482 g/mol. The Morgan fingerprint density at radius 1 is 1.06 bits per heavy atom. The van der Waals surface area contributed by atoms with Crippen molar-refractivity contribution in [1.82, 2.24) is 10.6 Å². The van der Waals surface area contributed by atoms with Crippen LogP contribution in [0.5, 0.6) is 5.75 Å². The zero-order valence-corrected chi connectivity index (χ0v) is 19.9. The number of nitrogens with one attached hydrogen (secondary N) is 3. The number of hydrogen-bond donors (Lipinski definition) is 3. The van der Waals surface area contributed by atoms with Gasteiger partial charge in [-0.2, -0.15) is 0 Å². The van der Waals surface area contributed by atoms with Crippen LogP contribution < -0.4 is 20.7 Å². The van der Waals surface area contributed by atoms with Gasteiger partial charge in [0.15, 0.2) is 5.11 Å². The molecule has 0 heterocycles. The first-order valence-corrected chi connectivity index (χ1v) is 11.1. The molecule has 166 valence electrons. The summed E-state index contributed by atoms with van der Waals surface area (Å²) in [4.78, 5) is 25.3. The highest BCUT2D eigenvalue weighted by molar-refractivity contribution is 9.10. The van der Waals surface area contributed by atoms with Crippen LogP contribution in [0, 0.1) is 0 Å². The Kier molecular flexibility index (Phi) is 10.4. The largest absolute Gasteiger partial charge is 0.493 e. The molecule has 0 saturated carbocycles. The van der Waals surface area contributed by atoms with Gasteiger partial charge in [-0.05, 0) is 55.4 Å². The lowest BCUT2D eigenvalue weighted by atomic mass is 10.1. The fourth-order valence-electron chi connectivity index (χ4n) is 2.65. The number of para-hydroxylation sites is 1. The summed E-state index contributed by atoms with van der Waals surface area (Å²) < 4.78 is 11.4. The minimum absolute atomic E-state index is 0.0750. The van der Waals surface area contributed by atoms with E-state index in [1.54, 1.807) is 49.6 Å². The fraction of sp³-hybridized carbons (Fsp3) is 0.318. The van der Waals surface area contributed by atoms with E-state index in [1.807, 2.05) is 6.92 Å². The number of hydrogen-bond acceptors (Lipinski definition) is 5. The predicted molar refractivity (Wildman–Crippen MR) is 129 cm³/mol. The standard InChI is InChI=1S/C22H26BrN3O4S/c1-3-12-30-19-10-9-15(23)14-17(19)21(28)26-22(31)25-18-8-5-4-7-16(18)20(27)24-11-6-13-29-2/h4-5,7-10,14H,3,6,11-13H2,1-2H3,(H,24,27)(H2,25,26,28,31). The first kappa shape index (κ1) is 24.8. The van der Waals surface area contributed by atoms with Gasteiger partial charge in [-0.25, -0.2) is 0 Å². The number of benzene rings is 2. The minimum atomic E-state index is -0.411. The number of rotatable bonds is 10. The third kappa shape index (κ3) is 7.93. The second-order valence-corrected chi connectivity index (χ2v) is 7.87. The monoisotopic (exact) mass is 507 g/mol. The average molecular weight is 508 g/mol. The SMILES string of the molecule is CCCOc1ccc(Br)cc1C(=O)NC(=S)Nc1ccccc1C(=O)NCCCOC. The summed E-state index contributed by atoms with van der Waals surface area (Å²) in [5.74, 6) is -0.178. The maximum atomic E-state index is 12.8. The lowest BCUT2D eigenvalue weighted by Gasteiger charge is -2.15. The van der Waals surface area contributed by atoms with E-state index in [-0.39, 0.29) is 11.0 Å². The summed E-state index contributed by atoms with van der Waals surface area (Å²) in [7, 11) is 1.61. The number of halogens is 1. The Labute approximate surface area is 196 Å². The Morgan fingerprint density at radius 3 is 2.58 bits per heavy atom. The zero-order valence-electron chi connectivity index (χ0n) is 17.5. The van der Waals surface area contributed by atoms with E-state index in [0.29, 0.717) is 48.7 Å². The van der Waals surface area contributed by atoms with Crippen LogP contribution in [0.15, 0.2) is 46.9 Å². The maximum Gasteiger partial charge on any atom is 0.261 e. The van der Waals surface area contributed by atoms with Crippen molar-refractivity contribution in [1.29, 1.82) is 0 Å². The van der Waals surface area contributed by atoms with E-state index in [4.69, 9.17) is 21.7 Å². The van der Waals surface area contributed by atoms with Crippen LogP contribution in [0.2, 0.25) is 0 Å². The van der Waals surface area contributed by atoms with Gasteiger partial charge in [0.1, 0.15) is 5.75 Å². The van der Waals surface area contributed by atoms with Gasteiger partial charge in [0.25, 0.3) is 11.8 Å². The van der Waals surface area contributed by atoms with Gasteiger partial charge in [-0.15, -0.1) is 0 Å². The summed E-state index contributed by atoms with van der Waals surface area (Å²) in [5.41, 5.74) is 1.27. The van der Waals surface area contributed by atoms with Gasteiger partial charge >= 0.3 is 0 Å². The van der Waals surface area contributed by atoms with Crippen molar-refractivity contribution >= 4 is 50.8 Å². The first-order valence-electron chi connectivity index (χ1n) is 9.87. The van der Waals surface area contributed by atoms with E-state index in [2.05, 4.69) is 31.9 Å². The summed E-state index contributed by atoms with van der Waals surface area (Å²) in [6.07, 6.45) is 1.53. The van der Waals surface area contributed by atoms with Crippen LogP contribution in [0.25, 0.3) is 0 Å². The molecule has 0 aliphatic heterocycles. The predicted octanol–water partition coefficient (Wildman–Crippen LogP) is 4.13. The molecule has 9 heteroatoms. The highest BCUT2D eigenvalue weighted by Crippen LogP contribution is 2.23. The summed E-state index contributed by atoms with van der Waals surface area (Å²) >= 11 is 8.67. The van der Waals surface area contributed by atoms with Gasteiger partial charge in [0.2, 0.25) is 0 Å². The number of ether oxygens (including phenoxy) is 2. The second kappa shape index (κ2) is 13.0. The summed E-state index contributed by atoms with van der Waals surface area (Å²) in [6, 6.07) is 12.1. The molecule has 0 unspecified atom stereocenters. The topological polar surface area (TPSA) is 88.7 Å². The molecule has 2 aromatic rings. The van der Waals surface area contributed by atoms with Crippen molar-refractivity contribution in [2.45, 2.75) is 19.8 Å². The summed E-state index contributed by atoms with van der Waals surface area (Å²) in [6.45, 7) is 3.54. The Morgan fingerprint density at radius 2 is 1.84 bits per heavy atom. The molecule has 0 bridgehead atoms. The number of thiocarbonyl (C=S) groups is 1. The Balaban J connectivity index is 2.06. The Bertz CT molecular complexity index is 923. The van der Waals surface area contributed by atoms with E-state index >= 15 is 0 Å². The van der Waals surface area contributed by atoms with Crippen LogP contribution in [0.3, 0.4) is 0 Å². The maximum absolute atomic E-state index is 12.8. The molecule has 0 fully saturated rings. The molecule has 0 saturated heterocycles. The van der Waals surface area contributed by atoms with Crippen molar-refractivity contribution in [3.05, 3.63) is 58.1 Å². The number of amides is 2. The highest BCUT2D eigenvalue weighted by atomic mass is 79.9. The Hall–Kier alpha value is -2.49. The number of anilines is 1. The lowest BCUT2D eigenvalue weighted by Crippen LogP contribution is -2.35. The molecule has 7 nitrogen and oxygen atoms in total. The van der Waals surface area contributed by atoms with Crippen molar-refractivity contribution in [2.75, 3.05) is 32.2 Å². The molecular formula is C22H26BrN3O4S. The van der Waals surface area contributed by atoms with Crippen molar-refractivity contribution in [3.63, 3.8) is 0 Å². The molecule has 0 aliphatic carbocycles. The smallest absolute Gasteiger partial charge is 0.261 e. The van der Waals surface area contributed by atoms with E-state index in [0.717, 1.165) is 10.9 Å². The van der Waals surface area contributed by atoms with Crippen molar-refractivity contribution < 1.29 is 19.1 Å². The van der Waals surface area contributed by atoms with Gasteiger partial charge in [0, 0.05) is 24.7 Å². The molecule has 31 heavy (non-hydrogen) atoms.